The first kappa shape index (κ1) is 14.5. The smallest absolute Gasteiger partial charge is 0.124 e. The highest BCUT2D eigenvalue weighted by molar-refractivity contribution is 5.36. The van der Waals surface area contributed by atoms with E-state index < -0.39 is 0 Å². The summed E-state index contributed by atoms with van der Waals surface area (Å²) in [5.41, 5.74) is 1.81. The maximum Gasteiger partial charge on any atom is 0.124 e. The van der Waals surface area contributed by atoms with Crippen molar-refractivity contribution >= 4 is 0 Å². The molecule has 0 saturated carbocycles. The molecule has 0 aliphatic rings. The Kier molecular flexibility index (Phi) is 4.74. The van der Waals surface area contributed by atoms with E-state index in [1.807, 2.05) is 31.8 Å². The normalized spacial score (nSPS) is 12.4. The van der Waals surface area contributed by atoms with Crippen molar-refractivity contribution in [2.75, 3.05) is 7.05 Å². The highest BCUT2D eigenvalue weighted by Gasteiger charge is 2.12. The first-order chi connectivity index (χ1) is 9.63. The van der Waals surface area contributed by atoms with E-state index >= 15 is 0 Å². The molecule has 20 heavy (non-hydrogen) atoms. The van der Waals surface area contributed by atoms with Crippen molar-refractivity contribution in [3.63, 3.8) is 0 Å². The van der Waals surface area contributed by atoms with Crippen LogP contribution in [-0.2, 0) is 13.2 Å². The maximum absolute atomic E-state index is 13.4. The summed E-state index contributed by atoms with van der Waals surface area (Å²) in [6.07, 6.45) is 3.74. The molecule has 0 fully saturated rings. The lowest BCUT2D eigenvalue weighted by molar-refractivity contribution is 0.299. The van der Waals surface area contributed by atoms with Gasteiger partial charge in [0.1, 0.15) is 18.2 Å². The summed E-state index contributed by atoms with van der Waals surface area (Å²) < 4.78 is 21.0. The van der Waals surface area contributed by atoms with E-state index in [1.165, 1.54) is 12.1 Å². The van der Waals surface area contributed by atoms with Crippen molar-refractivity contribution in [2.45, 2.75) is 33.0 Å². The predicted molar refractivity (Wildman–Crippen MR) is 76.1 cm³/mol. The summed E-state index contributed by atoms with van der Waals surface area (Å²) in [6.45, 7) is 5.26. The maximum atomic E-state index is 13.4. The van der Waals surface area contributed by atoms with Gasteiger partial charge >= 0.3 is 0 Å². The Morgan fingerprint density at radius 3 is 2.90 bits per heavy atom. The SMILES string of the molecule is CCn1cc(COc2ccc(F)cc2C(C)NC)cn1. The molecule has 1 N–H and O–H groups in total. The molecule has 108 valence electrons. The summed E-state index contributed by atoms with van der Waals surface area (Å²) in [4.78, 5) is 0. The van der Waals surface area contributed by atoms with Gasteiger partial charge in [-0.05, 0) is 39.1 Å². The number of hydrogen-bond donors (Lipinski definition) is 1. The molecule has 0 aliphatic heterocycles. The molecule has 0 amide bonds. The number of ether oxygens (including phenoxy) is 1. The van der Waals surface area contributed by atoms with Gasteiger partial charge in [0, 0.05) is 29.9 Å². The van der Waals surface area contributed by atoms with E-state index in [9.17, 15) is 4.39 Å². The molecule has 0 saturated heterocycles. The first-order valence-corrected chi connectivity index (χ1v) is 6.75. The molecule has 0 bridgehead atoms. The number of aryl methyl sites for hydroxylation is 1. The Morgan fingerprint density at radius 2 is 2.25 bits per heavy atom. The van der Waals surface area contributed by atoms with Gasteiger partial charge in [0.2, 0.25) is 0 Å². The summed E-state index contributed by atoms with van der Waals surface area (Å²) >= 11 is 0. The van der Waals surface area contributed by atoms with Gasteiger partial charge in [0.05, 0.1) is 6.20 Å². The summed E-state index contributed by atoms with van der Waals surface area (Å²) in [5, 5.41) is 7.30. The minimum absolute atomic E-state index is 0.0269. The standard InChI is InChI=1S/C15H20FN3O/c1-4-19-9-12(8-18-19)10-20-15-6-5-13(16)7-14(15)11(2)17-3/h5-9,11,17H,4,10H2,1-3H3. The minimum atomic E-state index is -0.256. The number of nitrogens with zero attached hydrogens (tertiary/aromatic N) is 2. The molecule has 1 atom stereocenters. The molecule has 0 spiro atoms. The molecule has 0 radical (unpaired) electrons. The number of hydrogen-bond acceptors (Lipinski definition) is 3. The van der Waals surface area contributed by atoms with E-state index in [-0.39, 0.29) is 11.9 Å². The van der Waals surface area contributed by atoms with Crippen LogP contribution in [0.5, 0.6) is 5.75 Å². The lowest BCUT2D eigenvalue weighted by Gasteiger charge is -2.16. The molecule has 0 aliphatic carbocycles. The highest BCUT2D eigenvalue weighted by atomic mass is 19.1. The zero-order valence-corrected chi connectivity index (χ0v) is 12.1. The van der Waals surface area contributed by atoms with Crippen LogP contribution < -0.4 is 10.1 Å². The van der Waals surface area contributed by atoms with Gasteiger partial charge < -0.3 is 10.1 Å². The Hall–Kier alpha value is -1.88. The van der Waals surface area contributed by atoms with Crippen molar-refractivity contribution < 1.29 is 9.13 Å². The molecule has 2 aromatic rings. The lowest BCUT2D eigenvalue weighted by atomic mass is 10.1. The Morgan fingerprint density at radius 1 is 1.45 bits per heavy atom. The summed E-state index contributed by atoms with van der Waals surface area (Å²) in [5.74, 6) is 0.436. The number of halogens is 1. The van der Waals surface area contributed by atoms with Gasteiger partial charge in [-0.3, -0.25) is 4.68 Å². The summed E-state index contributed by atoms with van der Waals surface area (Å²) in [6, 6.07) is 4.62. The van der Waals surface area contributed by atoms with Gasteiger partial charge in [0.25, 0.3) is 0 Å². The van der Waals surface area contributed by atoms with Gasteiger partial charge in [-0.25, -0.2) is 4.39 Å². The van der Waals surface area contributed by atoms with E-state index in [0.29, 0.717) is 12.4 Å². The van der Waals surface area contributed by atoms with Crippen molar-refractivity contribution in [2.24, 2.45) is 0 Å². The lowest BCUT2D eigenvalue weighted by Crippen LogP contribution is -2.14. The Balaban J connectivity index is 2.12. The molecular formula is C15H20FN3O. The summed E-state index contributed by atoms with van der Waals surface area (Å²) in [7, 11) is 1.84. The second-order valence-corrected chi connectivity index (χ2v) is 4.69. The van der Waals surface area contributed by atoms with Crippen LogP contribution in [0, 0.1) is 5.82 Å². The second kappa shape index (κ2) is 6.52. The van der Waals surface area contributed by atoms with Crippen LogP contribution in [0.2, 0.25) is 0 Å². The number of benzene rings is 1. The van der Waals surface area contributed by atoms with Crippen LogP contribution in [0.3, 0.4) is 0 Å². The molecule has 5 heteroatoms. The van der Waals surface area contributed by atoms with Gasteiger partial charge in [-0.15, -0.1) is 0 Å². The molecule has 4 nitrogen and oxygen atoms in total. The molecule has 1 aromatic heterocycles. The molecule has 1 unspecified atom stereocenters. The average Bonchev–Trinajstić information content (AvgIpc) is 2.93. The largest absolute Gasteiger partial charge is 0.488 e. The van der Waals surface area contributed by atoms with Crippen LogP contribution in [0.15, 0.2) is 30.6 Å². The third-order valence-corrected chi connectivity index (χ3v) is 3.28. The van der Waals surface area contributed by atoms with E-state index in [4.69, 9.17) is 4.74 Å². The van der Waals surface area contributed by atoms with Crippen molar-refractivity contribution in [3.05, 3.63) is 47.5 Å². The Labute approximate surface area is 118 Å². The second-order valence-electron chi connectivity index (χ2n) is 4.69. The Bertz CT molecular complexity index is 568. The molecular weight excluding hydrogens is 257 g/mol. The monoisotopic (exact) mass is 277 g/mol. The van der Waals surface area contributed by atoms with Crippen LogP contribution in [0.1, 0.15) is 31.0 Å². The van der Waals surface area contributed by atoms with Gasteiger partial charge in [0.15, 0.2) is 0 Å². The topological polar surface area (TPSA) is 39.1 Å². The van der Waals surface area contributed by atoms with Crippen molar-refractivity contribution in [1.82, 2.24) is 15.1 Å². The van der Waals surface area contributed by atoms with Gasteiger partial charge in [-0.1, -0.05) is 0 Å². The quantitative estimate of drug-likeness (QED) is 0.882. The molecule has 2 rings (SSSR count). The van der Waals surface area contributed by atoms with E-state index in [2.05, 4.69) is 10.4 Å². The zero-order chi connectivity index (χ0) is 14.5. The first-order valence-electron chi connectivity index (χ1n) is 6.75. The number of rotatable bonds is 6. The fourth-order valence-corrected chi connectivity index (χ4v) is 1.96. The third kappa shape index (κ3) is 3.36. The van der Waals surface area contributed by atoms with Crippen LogP contribution in [-0.4, -0.2) is 16.8 Å². The van der Waals surface area contributed by atoms with Crippen molar-refractivity contribution in [1.29, 1.82) is 0 Å². The predicted octanol–water partition coefficient (Wildman–Crippen LogP) is 2.90. The van der Waals surface area contributed by atoms with Crippen LogP contribution in [0.25, 0.3) is 0 Å². The van der Waals surface area contributed by atoms with Crippen LogP contribution in [0.4, 0.5) is 4.39 Å². The zero-order valence-electron chi connectivity index (χ0n) is 12.1. The average molecular weight is 277 g/mol. The third-order valence-electron chi connectivity index (χ3n) is 3.28. The molecule has 1 aromatic carbocycles. The molecule has 1 heterocycles. The number of aromatic nitrogens is 2. The van der Waals surface area contributed by atoms with Gasteiger partial charge in [-0.2, -0.15) is 5.10 Å². The van der Waals surface area contributed by atoms with Crippen molar-refractivity contribution in [3.8, 4) is 5.75 Å². The highest BCUT2D eigenvalue weighted by Crippen LogP contribution is 2.26. The minimum Gasteiger partial charge on any atom is -0.488 e. The fourth-order valence-electron chi connectivity index (χ4n) is 1.96. The van der Waals surface area contributed by atoms with E-state index in [1.54, 1.807) is 12.3 Å². The number of nitrogens with one attached hydrogen (secondary N) is 1. The van der Waals surface area contributed by atoms with Crippen LogP contribution >= 0.6 is 0 Å². The fraction of sp³-hybridized carbons (Fsp3) is 0.400. The van der Waals surface area contributed by atoms with E-state index in [0.717, 1.165) is 17.7 Å².